The van der Waals surface area contributed by atoms with E-state index in [0.717, 1.165) is 54.9 Å². The number of aliphatic imine (C=N–C) groups is 1. The van der Waals surface area contributed by atoms with Crippen molar-refractivity contribution in [2.45, 2.75) is 46.1 Å². The van der Waals surface area contributed by atoms with Crippen LogP contribution < -0.4 is 15.4 Å². The Kier molecular flexibility index (Phi) is 12.2. The Morgan fingerprint density at radius 3 is 2.79 bits per heavy atom. The number of nitrogens with zero attached hydrogens (tertiary/aromatic N) is 2. The summed E-state index contributed by atoms with van der Waals surface area (Å²) in [6, 6.07) is 6.46. The molecule has 0 saturated carbocycles. The third-order valence-corrected chi connectivity index (χ3v) is 5.43. The zero-order valence-corrected chi connectivity index (χ0v) is 20.7. The van der Waals surface area contributed by atoms with Crippen LogP contribution in [0.25, 0.3) is 0 Å². The number of methoxy groups -OCH3 is 1. The van der Waals surface area contributed by atoms with Crippen LogP contribution >= 0.6 is 35.6 Å². The van der Waals surface area contributed by atoms with Crippen LogP contribution in [0.4, 0.5) is 0 Å². The number of benzene rings is 1. The molecule has 0 aromatic heterocycles. The molecule has 1 aliphatic rings. The van der Waals surface area contributed by atoms with Gasteiger partial charge in [0.2, 0.25) is 0 Å². The van der Waals surface area contributed by atoms with Crippen molar-refractivity contribution in [3.05, 3.63) is 28.8 Å². The lowest BCUT2D eigenvalue weighted by atomic mass is 9.97. The number of hydrogen-bond acceptors (Lipinski definition) is 3. The third kappa shape index (κ3) is 8.33. The van der Waals surface area contributed by atoms with Gasteiger partial charge in [0.15, 0.2) is 5.96 Å². The molecule has 5 nitrogen and oxygen atoms in total. The van der Waals surface area contributed by atoms with Crippen LogP contribution in [0.3, 0.4) is 0 Å². The van der Waals surface area contributed by atoms with E-state index >= 15 is 0 Å². The molecule has 1 heterocycles. The Hall–Kier alpha value is -0.730. The van der Waals surface area contributed by atoms with Crippen molar-refractivity contribution in [2.75, 3.05) is 39.8 Å². The van der Waals surface area contributed by atoms with E-state index in [9.17, 15) is 0 Å². The summed E-state index contributed by atoms with van der Waals surface area (Å²) in [7, 11) is 1.65. The zero-order valence-electron chi connectivity index (χ0n) is 17.6. The van der Waals surface area contributed by atoms with Crippen LogP contribution in [-0.2, 0) is 6.42 Å². The number of ether oxygens (including phenoxy) is 1. The number of rotatable bonds is 8. The first-order chi connectivity index (χ1) is 13.0. The lowest BCUT2D eigenvalue weighted by molar-refractivity contribution is 0.143. The first kappa shape index (κ1) is 25.3. The fourth-order valence-corrected chi connectivity index (χ4v) is 3.72. The smallest absolute Gasteiger partial charge is 0.191 e. The summed E-state index contributed by atoms with van der Waals surface area (Å²) in [5.41, 5.74) is 1.11. The van der Waals surface area contributed by atoms with Crippen LogP contribution in [-0.4, -0.2) is 56.7 Å². The van der Waals surface area contributed by atoms with Gasteiger partial charge in [0.05, 0.1) is 7.11 Å². The predicted molar refractivity (Wildman–Crippen MR) is 131 cm³/mol. The number of hydrogen-bond donors (Lipinski definition) is 2. The topological polar surface area (TPSA) is 48.9 Å². The minimum Gasteiger partial charge on any atom is -0.497 e. The third-order valence-electron chi connectivity index (χ3n) is 5.08. The van der Waals surface area contributed by atoms with E-state index in [0.29, 0.717) is 12.0 Å². The maximum atomic E-state index is 6.33. The number of halogens is 2. The summed E-state index contributed by atoms with van der Waals surface area (Å²) in [4.78, 5) is 7.39. The van der Waals surface area contributed by atoms with Gasteiger partial charge in [-0.3, -0.25) is 4.99 Å². The van der Waals surface area contributed by atoms with Crippen molar-refractivity contribution in [3.8, 4) is 5.75 Å². The first-order valence-electron chi connectivity index (χ1n) is 10.1. The van der Waals surface area contributed by atoms with Crippen molar-refractivity contribution in [1.82, 2.24) is 15.5 Å². The molecule has 1 unspecified atom stereocenters. The molecule has 1 fully saturated rings. The maximum absolute atomic E-state index is 6.33. The molecule has 0 amide bonds. The monoisotopic (exact) mass is 522 g/mol. The second-order valence-corrected chi connectivity index (χ2v) is 7.86. The summed E-state index contributed by atoms with van der Waals surface area (Å²) in [5, 5.41) is 7.53. The molecular weight excluding hydrogens is 487 g/mol. The van der Waals surface area contributed by atoms with Crippen molar-refractivity contribution in [3.63, 3.8) is 0 Å². The molecule has 0 aliphatic carbocycles. The van der Waals surface area contributed by atoms with Crippen molar-refractivity contribution >= 4 is 41.5 Å². The van der Waals surface area contributed by atoms with Gasteiger partial charge in [-0.05, 0) is 70.2 Å². The van der Waals surface area contributed by atoms with E-state index < -0.39 is 0 Å². The number of guanidine groups is 1. The minimum atomic E-state index is 0. The molecule has 1 aromatic rings. The highest BCUT2D eigenvalue weighted by atomic mass is 127. The molecule has 1 aliphatic heterocycles. The van der Waals surface area contributed by atoms with Crippen LogP contribution in [0, 0.1) is 5.92 Å². The van der Waals surface area contributed by atoms with Gasteiger partial charge in [-0.25, -0.2) is 0 Å². The Bertz CT molecular complexity index is 612. The molecule has 1 saturated heterocycles. The Balaban J connectivity index is 0.00000392. The fourth-order valence-electron chi connectivity index (χ4n) is 3.45. The predicted octanol–water partition coefficient (Wildman–Crippen LogP) is 4.18. The summed E-state index contributed by atoms with van der Waals surface area (Å²) in [6.45, 7) is 11.6. The van der Waals surface area contributed by atoms with Crippen LogP contribution in [0.15, 0.2) is 23.2 Å². The second-order valence-electron chi connectivity index (χ2n) is 7.45. The van der Waals surface area contributed by atoms with Crippen LogP contribution in [0.2, 0.25) is 5.02 Å². The lowest BCUT2D eigenvalue weighted by Gasteiger charge is -2.34. The lowest BCUT2D eigenvalue weighted by Crippen LogP contribution is -2.42. The van der Waals surface area contributed by atoms with Crippen molar-refractivity contribution in [2.24, 2.45) is 10.9 Å². The molecule has 2 N–H and O–H groups in total. The van der Waals surface area contributed by atoms with E-state index in [1.54, 1.807) is 7.11 Å². The summed E-state index contributed by atoms with van der Waals surface area (Å²) >= 11 is 6.33. The molecule has 2 rings (SSSR count). The average molecular weight is 523 g/mol. The highest BCUT2D eigenvalue weighted by molar-refractivity contribution is 14.0. The molecule has 160 valence electrons. The second kappa shape index (κ2) is 13.5. The van der Waals surface area contributed by atoms with Gasteiger partial charge < -0.3 is 20.3 Å². The van der Waals surface area contributed by atoms with E-state index in [2.05, 4.69) is 36.3 Å². The molecular formula is C21H36ClIN4O. The molecule has 0 spiro atoms. The zero-order chi connectivity index (χ0) is 19.6. The van der Waals surface area contributed by atoms with Gasteiger partial charge in [-0.15, -0.1) is 24.0 Å². The van der Waals surface area contributed by atoms with Gasteiger partial charge >= 0.3 is 0 Å². The van der Waals surface area contributed by atoms with E-state index in [4.69, 9.17) is 21.3 Å². The Labute approximate surface area is 192 Å². The molecule has 1 atom stereocenters. The minimum absolute atomic E-state index is 0. The van der Waals surface area contributed by atoms with Crippen LogP contribution in [0.1, 0.15) is 39.2 Å². The summed E-state index contributed by atoms with van der Waals surface area (Å²) < 4.78 is 5.20. The molecule has 0 radical (unpaired) electrons. The van der Waals surface area contributed by atoms with E-state index in [-0.39, 0.29) is 24.0 Å². The molecule has 0 bridgehead atoms. The molecule has 7 heteroatoms. The SMILES string of the molecule is CCNC(=NCC1CCCN(C(C)C)C1)NCCc1ccc(OC)cc1Cl.I. The fraction of sp³-hybridized carbons (Fsp3) is 0.667. The standard InChI is InChI=1S/C21H35ClN4O.HI/c1-5-23-21(25-14-17-7-6-12-26(15-17)16(2)3)24-11-10-18-8-9-19(27-4)13-20(18)22;/h8-9,13,16-17H,5-7,10-12,14-15H2,1-4H3,(H2,23,24,25);1H. The average Bonchev–Trinajstić information content (AvgIpc) is 2.67. The van der Waals surface area contributed by atoms with Gasteiger partial charge in [-0.2, -0.15) is 0 Å². The molecule has 1 aromatic carbocycles. The number of nitrogens with one attached hydrogen (secondary N) is 2. The Morgan fingerprint density at radius 2 is 2.14 bits per heavy atom. The number of likely N-dealkylation sites (tertiary alicyclic amines) is 1. The van der Waals surface area contributed by atoms with Gasteiger partial charge in [0, 0.05) is 37.2 Å². The van der Waals surface area contributed by atoms with Crippen molar-refractivity contribution < 1.29 is 4.74 Å². The normalized spacial score (nSPS) is 17.9. The quantitative estimate of drug-likeness (QED) is 0.305. The van der Waals surface area contributed by atoms with Gasteiger partial charge in [0.1, 0.15) is 5.75 Å². The summed E-state index contributed by atoms with van der Waals surface area (Å²) in [5.74, 6) is 2.32. The van der Waals surface area contributed by atoms with Crippen LogP contribution in [0.5, 0.6) is 5.75 Å². The van der Waals surface area contributed by atoms with E-state index in [1.165, 1.54) is 19.4 Å². The van der Waals surface area contributed by atoms with Crippen molar-refractivity contribution in [1.29, 1.82) is 0 Å². The highest BCUT2D eigenvalue weighted by Gasteiger charge is 2.21. The first-order valence-corrected chi connectivity index (χ1v) is 10.5. The Morgan fingerprint density at radius 1 is 1.36 bits per heavy atom. The maximum Gasteiger partial charge on any atom is 0.191 e. The number of piperidine rings is 1. The largest absolute Gasteiger partial charge is 0.497 e. The highest BCUT2D eigenvalue weighted by Crippen LogP contribution is 2.22. The van der Waals surface area contributed by atoms with E-state index in [1.807, 2.05) is 18.2 Å². The molecule has 28 heavy (non-hydrogen) atoms. The van der Waals surface area contributed by atoms with Gasteiger partial charge in [0.25, 0.3) is 0 Å². The summed E-state index contributed by atoms with van der Waals surface area (Å²) in [6.07, 6.45) is 3.39. The van der Waals surface area contributed by atoms with Gasteiger partial charge in [-0.1, -0.05) is 17.7 Å².